The van der Waals surface area contributed by atoms with Gasteiger partial charge in [0.25, 0.3) is 0 Å². The molecule has 0 aliphatic carbocycles. The molecule has 13 heteroatoms. The first kappa shape index (κ1) is 29.2. The van der Waals surface area contributed by atoms with Gasteiger partial charge in [-0.25, -0.2) is 4.57 Å². The van der Waals surface area contributed by atoms with E-state index in [1.807, 2.05) is 0 Å². The zero-order chi connectivity index (χ0) is 9.00. The first-order valence-electron chi connectivity index (χ1n) is 1.48. The van der Waals surface area contributed by atoms with Crippen molar-refractivity contribution in [2.24, 2.45) is 0 Å². The van der Waals surface area contributed by atoms with Gasteiger partial charge in [-0.2, -0.15) is 8.42 Å². The zero-order valence-corrected chi connectivity index (χ0v) is 9.94. The van der Waals surface area contributed by atoms with E-state index in [-0.39, 0.29) is 51.5 Å². The number of phosphoric acid groups is 1. The third kappa shape index (κ3) is 1220. The van der Waals surface area contributed by atoms with Crippen LogP contribution in [0.2, 0.25) is 0 Å². The number of rotatable bonds is 0. The van der Waals surface area contributed by atoms with E-state index >= 15 is 0 Å². The summed E-state index contributed by atoms with van der Waals surface area (Å²) in [5, 5.41) is 0. The van der Waals surface area contributed by atoms with Crippen LogP contribution in [0, 0.1) is 0 Å². The number of hydrogen-bond donors (Lipinski definition) is 5. The molecule has 0 spiro atoms. The first-order valence-corrected chi connectivity index (χ1v) is 4.44. The Morgan fingerprint density at radius 1 is 1.00 bits per heavy atom. The summed E-state index contributed by atoms with van der Waals surface area (Å²) in [5.74, 6) is 0. The fourth-order valence-electron chi connectivity index (χ4n) is 0. The molecule has 0 saturated carbocycles. The van der Waals surface area contributed by atoms with Gasteiger partial charge in [-0.05, 0) is 0 Å². The van der Waals surface area contributed by atoms with Gasteiger partial charge in [-0.3, -0.25) is 9.11 Å². The Balaban J connectivity index is -0.0000000128. The Morgan fingerprint density at radius 2 is 1.00 bits per heavy atom. The van der Waals surface area contributed by atoms with Gasteiger partial charge in [-0.15, -0.1) is 0 Å². The Kier molecular flexibility index (Phi) is 25.3. The van der Waals surface area contributed by atoms with Crippen LogP contribution in [0.1, 0.15) is 2.85 Å². The van der Waals surface area contributed by atoms with E-state index in [4.69, 9.17) is 36.8 Å². The Hall–Kier alpha value is 1.16. The van der Waals surface area contributed by atoms with Crippen molar-refractivity contribution < 1.29 is 50.6 Å². The monoisotopic (exact) mass is 274 g/mol. The van der Waals surface area contributed by atoms with Gasteiger partial charge in [0.05, 0.1) is 0 Å². The van der Waals surface area contributed by atoms with E-state index in [9.17, 15) is 0 Å². The topological polar surface area (TPSA) is 215 Å². The van der Waals surface area contributed by atoms with Crippen molar-refractivity contribution in [2.45, 2.75) is 0 Å². The van der Waals surface area contributed by atoms with E-state index in [1.54, 1.807) is 0 Å². The van der Waals surface area contributed by atoms with E-state index in [1.165, 1.54) is 0 Å². The Morgan fingerprint density at radius 3 is 1.00 bits per heavy atom. The molecule has 0 aromatic carbocycles. The fourth-order valence-corrected chi connectivity index (χ4v) is 0. The summed E-state index contributed by atoms with van der Waals surface area (Å²) >= 11 is 0. The Labute approximate surface area is 106 Å². The van der Waals surface area contributed by atoms with Crippen LogP contribution in [-0.2, 0) is 15.0 Å². The molecule has 9 N–H and O–H groups in total. The van der Waals surface area contributed by atoms with E-state index in [0.717, 1.165) is 0 Å². The second-order valence-electron chi connectivity index (χ2n) is 0.961. The van der Waals surface area contributed by atoms with Crippen LogP contribution in [0.15, 0.2) is 0 Å². The smallest absolute Gasteiger partial charge is 1.00 e. The Bertz CT molecular complexity index is 201. The van der Waals surface area contributed by atoms with Crippen LogP contribution >= 0.6 is 7.82 Å². The minimum atomic E-state index is -4.67. The summed E-state index contributed by atoms with van der Waals surface area (Å²) in [4.78, 5) is 21.6. The quantitative estimate of drug-likeness (QED) is 0.170. The summed E-state index contributed by atoms with van der Waals surface area (Å²) in [5.41, 5.74) is 0. The molecule has 0 aliphatic rings. The SMILES string of the molecule is O.O.O=P(O)(O)O.O=S(=O)(O)O.[Ca+2].[H-].[H-]. The molecule has 13 heavy (non-hydrogen) atoms. The van der Waals surface area contributed by atoms with E-state index in [2.05, 4.69) is 0 Å². The van der Waals surface area contributed by atoms with Gasteiger partial charge in [0.15, 0.2) is 0 Å². The number of hydrogen-bond acceptors (Lipinski definition) is 3. The zero-order valence-electron chi connectivity index (χ0n) is 8.02. The van der Waals surface area contributed by atoms with Crippen LogP contribution in [0.5, 0.6) is 0 Å². The summed E-state index contributed by atoms with van der Waals surface area (Å²) in [6.45, 7) is 0. The van der Waals surface area contributed by atoms with Crippen molar-refractivity contribution in [3.8, 4) is 0 Å². The maximum atomic E-state index is 8.88. The molecule has 0 bridgehead atoms. The molecule has 0 aromatic rings. The minimum absolute atomic E-state index is 0. The van der Waals surface area contributed by atoms with Crippen LogP contribution in [-0.4, -0.2) is 80.9 Å². The average Bonchev–Trinajstić information content (AvgIpc) is 1.12. The van der Waals surface area contributed by atoms with Crippen molar-refractivity contribution in [3.63, 3.8) is 0 Å². The molecule has 0 fully saturated rings. The molecule has 0 aliphatic heterocycles. The van der Waals surface area contributed by atoms with Crippen LogP contribution < -0.4 is 0 Å². The second kappa shape index (κ2) is 11.2. The molecule has 10 nitrogen and oxygen atoms in total. The molecule has 0 rings (SSSR count). The largest absolute Gasteiger partial charge is 2.00 e. The molecule has 0 atom stereocenters. The predicted octanol–water partition coefficient (Wildman–Crippen LogP) is -3.39. The van der Waals surface area contributed by atoms with Gasteiger partial charge in [0.1, 0.15) is 0 Å². The maximum absolute atomic E-state index is 8.88. The molecule has 0 radical (unpaired) electrons. The molecule has 0 heterocycles. The molecular formula is H11CaO10PS. The van der Waals surface area contributed by atoms with Gasteiger partial charge in [-0.1, -0.05) is 0 Å². The fraction of sp³-hybridized carbons (Fsp3) is 0. The van der Waals surface area contributed by atoms with Crippen molar-refractivity contribution in [1.82, 2.24) is 0 Å². The van der Waals surface area contributed by atoms with E-state index < -0.39 is 18.2 Å². The van der Waals surface area contributed by atoms with Crippen molar-refractivity contribution in [2.75, 3.05) is 0 Å². The summed E-state index contributed by atoms with van der Waals surface area (Å²) in [7, 11) is -9.31. The van der Waals surface area contributed by atoms with Crippen molar-refractivity contribution in [3.05, 3.63) is 0 Å². The summed E-state index contributed by atoms with van der Waals surface area (Å²) in [6.07, 6.45) is 0. The van der Waals surface area contributed by atoms with Gasteiger partial charge in [0.2, 0.25) is 0 Å². The van der Waals surface area contributed by atoms with Crippen LogP contribution in [0.4, 0.5) is 0 Å². The molecule has 0 aromatic heterocycles. The first-order chi connectivity index (χ1) is 4.00. The molecule has 0 saturated heterocycles. The molecule has 84 valence electrons. The average molecular weight is 274 g/mol. The molecule has 0 unspecified atom stereocenters. The predicted molar refractivity (Wildman–Crippen MR) is 43.6 cm³/mol. The molecule has 0 amide bonds. The standard InChI is InChI=1S/Ca.H3O4P.H2O4S.2H2O.2H/c;2*1-5(2,3)4;;;;/h;(H3,1,2,3,4);(H2,1,2,3,4);2*1H2;;/q+2;;;;;2*-1. The van der Waals surface area contributed by atoms with Gasteiger partial charge in [0, 0.05) is 0 Å². The van der Waals surface area contributed by atoms with Crippen molar-refractivity contribution >= 4 is 56.0 Å². The molecular weight excluding hydrogens is 263 g/mol. The summed E-state index contributed by atoms with van der Waals surface area (Å²) in [6, 6.07) is 0. The normalized spacial score (nSPS) is 9.00. The third-order valence-electron chi connectivity index (χ3n) is 0. The summed E-state index contributed by atoms with van der Waals surface area (Å²) < 4.78 is 40.5. The maximum Gasteiger partial charge on any atom is 2.00 e. The van der Waals surface area contributed by atoms with Gasteiger partial charge >= 0.3 is 56.0 Å². The van der Waals surface area contributed by atoms with Gasteiger partial charge < -0.3 is 28.5 Å². The van der Waals surface area contributed by atoms with Crippen LogP contribution in [0.3, 0.4) is 0 Å². The third-order valence-corrected chi connectivity index (χ3v) is 0. The van der Waals surface area contributed by atoms with E-state index in [0.29, 0.717) is 0 Å². The van der Waals surface area contributed by atoms with Crippen molar-refractivity contribution in [1.29, 1.82) is 0 Å². The van der Waals surface area contributed by atoms with Crippen LogP contribution in [0.25, 0.3) is 0 Å². The minimum Gasteiger partial charge on any atom is -1.00 e. The second-order valence-corrected chi connectivity index (χ2v) is 2.88.